The maximum atomic E-state index is 10.9. The van der Waals surface area contributed by atoms with Crippen molar-refractivity contribution in [2.45, 2.75) is 26.2 Å². The predicted octanol–water partition coefficient (Wildman–Crippen LogP) is 0.935. The van der Waals surface area contributed by atoms with E-state index in [1.54, 1.807) is 0 Å². The van der Waals surface area contributed by atoms with Crippen molar-refractivity contribution in [1.82, 2.24) is 0 Å². The number of rotatable bonds is 7. The van der Waals surface area contributed by atoms with E-state index in [9.17, 15) is 9.59 Å². The van der Waals surface area contributed by atoms with Crippen molar-refractivity contribution in [2.24, 2.45) is 0 Å². The Kier molecular flexibility index (Phi) is 7.20. The van der Waals surface area contributed by atoms with Crippen LogP contribution < -0.4 is 0 Å². The van der Waals surface area contributed by atoms with Gasteiger partial charge in [0, 0.05) is 6.61 Å². The molecule has 0 aromatic carbocycles. The van der Waals surface area contributed by atoms with Gasteiger partial charge in [-0.15, -0.1) is 0 Å². The van der Waals surface area contributed by atoms with E-state index in [4.69, 9.17) is 4.74 Å². The van der Waals surface area contributed by atoms with Gasteiger partial charge in [0.05, 0.1) is 7.11 Å². The topological polar surface area (TPSA) is 52.6 Å². The largest absolute Gasteiger partial charge is 0.469 e. The summed E-state index contributed by atoms with van der Waals surface area (Å²) in [5.41, 5.74) is 0. The van der Waals surface area contributed by atoms with E-state index >= 15 is 0 Å². The molecule has 0 rings (SSSR count). The average molecular weight is 188 g/mol. The molecule has 13 heavy (non-hydrogen) atoms. The van der Waals surface area contributed by atoms with Crippen molar-refractivity contribution in [3.63, 3.8) is 0 Å². The van der Waals surface area contributed by atoms with Gasteiger partial charge in [0.1, 0.15) is 13.0 Å². The number of Topliss-reactive ketones (excluding diaryl/α,β-unsaturated/α-hetero) is 1. The first kappa shape index (κ1) is 12.1. The Morgan fingerprint density at radius 2 is 2.00 bits per heavy atom. The standard InChI is InChI=1S/C9H16O4/c1-3-4-5-13-7-8(10)6-9(11)12-2/h3-7H2,1-2H3. The van der Waals surface area contributed by atoms with Gasteiger partial charge >= 0.3 is 5.97 Å². The van der Waals surface area contributed by atoms with Crippen LogP contribution in [0, 0.1) is 0 Å². The zero-order chi connectivity index (χ0) is 10.1. The number of esters is 1. The number of carbonyl (C=O) groups is 2. The lowest BCUT2D eigenvalue weighted by molar-refractivity contribution is -0.144. The van der Waals surface area contributed by atoms with Gasteiger partial charge in [-0.25, -0.2) is 0 Å². The summed E-state index contributed by atoms with van der Waals surface area (Å²) >= 11 is 0. The van der Waals surface area contributed by atoms with Gasteiger partial charge in [0.25, 0.3) is 0 Å². The Labute approximate surface area is 78.2 Å². The van der Waals surface area contributed by atoms with Crippen LogP contribution in [0.3, 0.4) is 0 Å². The Balaban J connectivity index is 3.35. The third-order valence-electron chi connectivity index (χ3n) is 1.47. The maximum Gasteiger partial charge on any atom is 0.313 e. The van der Waals surface area contributed by atoms with Crippen LogP contribution in [-0.2, 0) is 19.1 Å². The minimum atomic E-state index is -0.510. The molecule has 0 amide bonds. The molecule has 0 bridgehead atoms. The normalized spacial score (nSPS) is 9.69. The van der Waals surface area contributed by atoms with Crippen LogP contribution in [-0.4, -0.2) is 32.1 Å². The molecular weight excluding hydrogens is 172 g/mol. The summed E-state index contributed by atoms with van der Waals surface area (Å²) in [6.45, 7) is 2.62. The summed E-state index contributed by atoms with van der Waals surface area (Å²) < 4.78 is 9.36. The average Bonchev–Trinajstić information content (AvgIpc) is 2.12. The first-order valence-corrected chi connectivity index (χ1v) is 4.37. The first-order chi connectivity index (χ1) is 6.20. The fourth-order valence-electron chi connectivity index (χ4n) is 0.717. The highest BCUT2D eigenvalue weighted by Gasteiger charge is 2.08. The van der Waals surface area contributed by atoms with Crippen LogP contribution in [0.25, 0.3) is 0 Å². The van der Waals surface area contributed by atoms with Crippen molar-refractivity contribution < 1.29 is 19.1 Å². The summed E-state index contributed by atoms with van der Waals surface area (Å²) in [5, 5.41) is 0. The van der Waals surface area contributed by atoms with Crippen LogP contribution in [0.5, 0.6) is 0 Å². The van der Waals surface area contributed by atoms with Crippen molar-refractivity contribution in [3.05, 3.63) is 0 Å². The maximum absolute atomic E-state index is 10.9. The molecule has 0 heterocycles. The fraction of sp³-hybridized carbons (Fsp3) is 0.778. The van der Waals surface area contributed by atoms with E-state index in [0.717, 1.165) is 12.8 Å². The Bertz CT molecular complexity index is 165. The molecule has 0 N–H and O–H groups in total. The van der Waals surface area contributed by atoms with Crippen molar-refractivity contribution in [1.29, 1.82) is 0 Å². The third kappa shape index (κ3) is 7.46. The number of methoxy groups -OCH3 is 1. The van der Waals surface area contributed by atoms with Crippen molar-refractivity contribution in [3.8, 4) is 0 Å². The van der Waals surface area contributed by atoms with Crippen molar-refractivity contribution >= 4 is 11.8 Å². The molecular formula is C9H16O4. The van der Waals surface area contributed by atoms with E-state index in [1.165, 1.54) is 7.11 Å². The molecule has 0 aliphatic heterocycles. The summed E-state index contributed by atoms with van der Waals surface area (Å²) in [6.07, 6.45) is 1.78. The van der Waals surface area contributed by atoms with E-state index < -0.39 is 5.97 Å². The van der Waals surface area contributed by atoms with Gasteiger partial charge in [0.15, 0.2) is 5.78 Å². The molecule has 0 aromatic rings. The van der Waals surface area contributed by atoms with Gasteiger partial charge in [-0.2, -0.15) is 0 Å². The second-order valence-corrected chi connectivity index (χ2v) is 2.70. The second kappa shape index (κ2) is 7.73. The fourth-order valence-corrected chi connectivity index (χ4v) is 0.717. The molecule has 0 unspecified atom stereocenters. The van der Waals surface area contributed by atoms with Crippen molar-refractivity contribution in [2.75, 3.05) is 20.3 Å². The molecule has 0 saturated heterocycles. The highest BCUT2D eigenvalue weighted by molar-refractivity contribution is 5.96. The minimum Gasteiger partial charge on any atom is -0.469 e. The van der Waals surface area contributed by atoms with Crippen LogP contribution in [0.2, 0.25) is 0 Å². The summed E-state index contributed by atoms with van der Waals surface area (Å²) in [6, 6.07) is 0. The highest BCUT2D eigenvalue weighted by Crippen LogP contribution is 1.91. The Hall–Kier alpha value is -0.900. The number of hydrogen-bond donors (Lipinski definition) is 0. The quantitative estimate of drug-likeness (QED) is 0.339. The molecule has 4 heteroatoms. The number of ether oxygens (including phenoxy) is 2. The van der Waals surface area contributed by atoms with Gasteiger partial charge in [-0.05, 0) is 6.42 Å². The molecule has 0 saturated carbocycles. The number of ketones is 1. The Morgan fingerprint density at radius 1 is 1.31 bits per heavy atom. The molecule has 0 spiro atoms. The molecule has 0 aliphatic carbocycles. The van der Waals surface area contributed by atoms with E-state index in [2.05, 4.69) is 4.74 Å². The zero-order valence-corrected chi connectivity index (χ0v) is 8.17. The van der Waals surface area contributed by atoms with E-state index in [0.29, 0.717) is 6.61 Å². The minimum absolute atomic E-state index is 0.00903. The van der Waals surface area contributed by atoms with Gasteiger partial charge < -0.3 is 9.47 Å². The Morgan fingerprint density at radius 3 is 2.54 bits per heavy atom. The monoisotopic (exact) mass is 188 g/mol. The van der Waals surface area contributed by atoms with Gasteiger partial charge in [-0.3, -0.25) is 9.59 Å². The predicted molar refractivity (Wildman–Crippen MR) is 47.4 cm³/mol. The molecule has 4 nitrogen and oxygen atoms in total. The van der Waals surface area contributed by atoms with Crippen LogP contribution in [0.4, 0.5) is 0 Å². The second-order valence-electron chi connectivity index (χ2n) is 2.70. The first-order valence-electron chi connectivity index (χ1n) is 4.37. The van der Waals surface area contributed by atoms with E-state index in [1.807, 2.05) is 6.92 Å². The lowest BCUT2D eigenvalue weighted by Crippen LogP contribution is -2.15. The van der Waals surface area contributed by atoms with Gasteiger partial charge in [0.2, 0.25) is 0 Å². The van der Waals surface area contributed by atoms with E-state index in [-0.39, 0.29) is 18.8 Å². The number of unbranched alkanes of at least 4 members (excludes halogenated alkanes) is 1. The molecule has 0 aromatic heterocycles. The van der Waals surface area contributed by atoms with Crippen LogP contribution in [0.15, 0.2) is 0 Å². The highest BCUT2D eigenvalue weighted by atomic mass is 16.5. The third-order valence-corrected chi connectivity index (χ3v) is 1.47. The lowest BCUT2D eigenvalue weighted by atomic mass is 10.3. The van der Waals surface area contributed by atoms with Gasteiger partial charge in [-0.1, -0.05) is 13.3 Å². The molecule has 76 valence electrons. The number of carbonyl (C=O) groups excluding carboxylic acids is 2. The summed E-state index contributed by atoms with van der Waals surface area (Å²) in [5.74, 6) is -0.743. The molecule has 0 radical (unpaired) electrons. The smallest absolute Gasteiger partial charge is 0.313 e. The van der Waals surface area contributed by atoms with Crippen LogP contribution >= 0.6 is 0 Å². The lowest BCUT2D eigenvalue weighted by Gasteiger charge is -2.01. The molecule has 0 aliphatic rings. The SMILES string of the molecule is CCCCOCC(=O)CC(=O)OC. The summed E-state index contributed by atoms with van der Waals surface area (Å²) in [7, 11) is 1.26. The zero-order valence-electron chi connectivity index (χ0n) is 8.17. The molecule has 0 atom stereocenters. The summed E-state index contributed by atoms with van der Waals surface area (Å²) in [4.78, 5) is 21.6. The van der Waals surface area contributed by atoms with Crippen LogP contribution in [0.1, 0.15) is 26.2 Å². The molecule has 0 fully saturated rings. The number of hydrogen-bond acceptors (Lipinski definition) is 4.